The lowest BCUT2D eigenvalue weighted by Gasteiger charge is -2.17. The standard InChI is InChI=1S/C15H20FN3O/c16-13-4-2-1-3-12(13)15(6-7-15)14(20)17-8-5-11-9-18-19-10-11/h1-4,11,18-19H,5-10H2,(H,17,20). The molecule has 1 amide bonds. The lowest BCUT2D eigenvalue weighted by molar-refractivity contribution is -0.123. The molecule has 1 saturated heterocycles. The fourth-order valence-corrected chi connectivity index (χ4v) is 2.86. The SMILES string of the molecule is O=C(NCCC1CNNC1)C1(c2ccccc2F)CC1. The quantitative estimate of drug-likeness (QED) is 0.755. The summed E-state index contributed by atoms with van der Waals surface area (Å²) >= 11 is 0. The summed E-state index contributed by atoms with van der Waals surface area (Å²) in [5.41, 5.74) is 6.08. The van der Waals surface area contributed by atoms with Crippen molar-refractivity contribution < 1.29 is 9.18 Å². The number of hydrazine groups is 1. The Bertz CT molecular complexity index is 496. The van der Waals surface area contributed by atoms with Crippen LogP contribution in [0.15, 0.2) is 24.3 Å². The summed E-state index contributed by atoms with van der Waals surface area (Å²) in [5.74, 6) is 0.254. The van der Waals surface area contributed by atoms with Crippen LogP contribution in [0.25, 0.3) is 0 Å². The van der Waals surface area contributed by atoms with Crippen LogP contribution in [0.4, 0.5) is 4.39 Å². The second-order valence-electron chi connectivity index (χ2n) is 5.73. The Hall–Kier alpha value is -1.46. The molecule has 0 spiro atoms. The van der Waals surface area contributed by atoms with E-state index in [0.717, 1.165) is 32.4 Å². The molecule has 2 aliphatic rings. The van der Waals surface area contributed by atoms with E-state index in [-0.39, 0.29) is 11.7 Å². The normalized spacial score (nSPS) is 20.9. The number of hydrogen-bond acceptors (Lipinski definition) is 3. The lowest BCUT2D eigenvalue weighted by atomic mass is 9.94. The van der Waals surface area contributed by atoms with Crippen LogP contribution >= 0.6 is 0 Å². The maximum atomic E-state index is 13.9. The van der Waals surface area contributed by atoms with Gasteiger partial charge in [0.1, 0.15) is 5.82 Å². The minimum Gasteiger partial charge on any atom is -0.355 e. The average Bonchev–Trinajstić information content (AvgIpc) is 3.09. The zero-order valence-corrected chi connectivity index (χ0v) is 11.4. The predicted octanol–water partition coefficient (Wildman–Crippen LogP) is 1.09. The van der Waals surface area contributed by atoms with Gasteiger partial charge >= 0.3 is 0 Å². The zero-order chi connectivity index (χ0) is 14.0. The van der Waals surface area contributed by atoms with Crippen LogP contribution in [0.5, 0.6) is 0 Å². The van der Waals surface area contributed by atoms with Gasteiger partial charge in [-0.3, -0.25) is 15.6 Å². The van der Waals surface area contributed by atoms with Gasteiger partial charge in [0, 0.05) is 25.2 Å². The van der Waals surface area contributed by atoms with Crippen molar-refractivity contribution >= 4 is 5.91 Å². The molecule has 1 aliphatic heterocycles. The van der Waals surface area contributed by atoms with E-state index in [1.54, 1.807) is 18.2 Å². The van der Waals surface area contributed by atoms with E-state index >= 15 is 0 Å². The topological polar surface area (TPSA) is 53.2 Å². The molecule has 1 saturated carbocycles. The molecule has 0 radical (unpaired) electrons. The van der Waals surface area contributed by atoms with Crippen molar-refractivity contribution in [3.63, 3.8) is 0 Å². The summed E-state index contributed by atoms with van der Waals surface area (Å²) < 4.78 is 13.9. The van der Waals surface area contributed by atoms with Gasteiger partial charge in [-0.25, -0.2) is 4.39 Å². The van der Waals surface area contributed by atoms with Crippen LogP contribution in [-0.4, -0.2) is 25.5 Å². The molecule has 0 unspecified atom stereocenters. The van der Waals surface area contributed by atoms with Crippen molar-refractivity contribution in [1.29, 1.82) is 0 Å². The molecule has 1 aliphatic carbocycles. The van der Waals surface area contributed by atoms with Crippen molar-refractivity contribution in [2.45, 2.75) is 24.7 Å². The molecular weight excluding hydrogens is 257 g/mol. The number of benzene rings is 1. The van der Waals surface area contributed by atoms with E-state index < -0.39 is 5.41 Å². The van der Waals surface area contributed by atoms with Crippen molar-refractivity contribution in [2.24, 2.45) is 5.92 Å². The first kappa shape index (κ1) is 13.5. The third kappa shape index (κ3) is 2.55. The van der Waals surface area contributed by atoms with Gasteiger partial charge in [-0.2, -0.15) is 0 Å². The average molecular weight is 277 g/mol. The van der Waals surface area contributed by atoms with Gasteiger partial charge in [0.05, 0.1) is 5.41 Å². The Morgan fingerprint density at radius 1 is 1.30 bits per heavy atom. The van der Waals surface area contributed by atoms with E-state index in [9.17, 15) is 9.18 Å². The second kappa shape index (κ2) is 5.50. The lowest BCUT2D eigenvalue weighted by Crippen LogP contribution is -2.36. The predicted molar refractivity (Wildman–Crippen MR) is 74.4 cm³/mol. The summed E-state index contributed by atoms with van der Waals surface area (Å²) in [5, 5.41) is 2.98. The number of carbonyl (C=O) groups excluding carboxylic acids is 1. The fourth-order valence-electron chi connectivity index (χ4n) is 2.86. The first-order valence-corrected chi connectivity index (χ1v) is 7.21. The maximum Gasteiger partial charge on any atom is 0.230 e. The molecule has 1 aromatic rings. The van der Waals surface area contributed by atoms with Crippen molar-refractivity contribution in [3.05, 3.63) is 35.6 Å². The van der Waals surface area contributed by atoms with E-state index in [2.05, 4.69) is 16.2 Å². The van der Waals surface area contributed by atoms with Crippen LogP contribution in [0.2, 0.25) is 0 Å². The van der Waals surface area contributed by atoms with E-state index in [1.807, 2.05) is 0 Å². The monoisotopic (exact) mass is 277 g/mol. The van der Waals surface area contributed by atoms with Gasteiger partial charge in [-0.15, -0.1) is 0 Å². The first-order chi connectivity index (χ1) is 9.72. The molecule has 1 aromatic carbocycles. The zero-order valence-electron chi connectivity index (χ0n) is 11.4. The van der Waals surface area contributed by atoms with Crippen LogP contribution in [0.3, 0.4) is 0 Å². The summed E-state index contributed by atoms with van der Waals surface area (Å²) in [4.78, 5) is 12.3. The van der Waals surface area contributed by atoms with E-state index in [4.69, 9.17) is 0 Å². The highest BCUT2D eigenvalue weighted by Crippen LogP contribution is 2.49. The van der Waals surface area contributed by atoms with Crippen LogP contribution < -0.4 is 16.2 Å². The molecule has 5 heteroatoms. The number of rotatable bonds is 5. The van der Waals surface area contributed by atoms with E-state index in [0.29, 0.717) is 18.0 Å². The Morgan fingerprint density at radius 2 is 2.00 bits per heavy atom. The van der Waals surface area contributed by atoms with Crippen LogP contribution in [-0.2, 0) is 10.2 Å². The van der Waals surface area contributed by atoms with E-state index in [1.165, 1.54) is 6.07 Å². The first-order valence-electron chi connectivity index (χ1n) is 7.21. The minimum atomic E-state index is -0.614. The molecule has 3 N–H and O–H groups in total. The molecule has 4 nitrogen and oxygen atoms in total. The fraction of sp³-hybridized carbons (Fsp3) is 0.533. The molecule has 1 heterocycles. The highest BCUT2D eigenvalue weighted by Gasteiger charge is 2.52. The Labute approximate surface area is 118 Å². The van der Waals surface area contributed by atoms with Crippen molar-refractivity contribution in [2.75, 3.05) is 19.6 Å². The number of nitrogens with one attached hydrogen (secondary N) is 3. The molecule has 20 heavy (non-hydrogen) atoms. The van der Waals surface area contributed by atoms with Gasteiger partial charge in [0.25, 0.3) is 0 Å². The van der Waals surface area contributed by atoms with Gasteiger partial charge in [0.15, 0.2) is 0 Å². The molecule has 0 atom stereocenters. The van der Waals surface area contributed by atoms with Gasteiger partial charge < -0.3 is 5.32 Å². The number of carbonyl (C=O) groups is 1. The van der Waals surface area contributed by atoms with Crippen LogP contribution in [0, 0.1) is 11.7 Å². The highest BCUT2D eigenvalue weighted by molar-refractivity contribution is 5.91. The summed E-state index contributed by atoms with van der Waals surface area (Å²) in [6.45, 7) is 2.53. The summed E-state index contributed by atoms with van der Waals surface area (Å²) in [6.07, 6.45) is 2.43. The number of hydrogen-bond donors (Lipinski definition) is 3. The Morgan fingerprint density at radius 3 is 2.65 bits per heavy atom. The molecule has 108 valence electrons. The van der Waals surface area contributed by atoms with Crippen molar-refractivity contribution in [1.82, 2.24) is 16.2 Å². The Kier molecular flexibility index (Phi) is 3.72. The van der Waals surface area contributed by atoms with Crippen molar-refractivity contribution in [3.8, 4) is 0 Å². The number of amides is 1. The highest BCUT2D eigenvalue weighted by atomic mass is 19.1. The Balaban J connectivity index is 1.58. The largest absolute Gasteiger partial charge is 0.355 e. The third-order valence-corrected chi connectivity index (χ3v) is 4.32. The smallest absolute Gasteiger partial charge is 0.230 e. The second-order valence-corrected chi connectivity index (χ2v) is 5.73. The summed E-state index contributed by atoms with van der Waals surface area (Å²) in [6, 6.07) is 6.61. The maximum absolute atomic E-state index is 13.9. The van der Waals surface area contributed by atoms with Gasteiger partial charge in [-0.05, 0) is 31.2 Å². The third-order valence-electron chi connectivity index (χ3n) is 4.32. The molecular formula is C15H20FN3O. The molecule has 3 rings (SSSR count). The van der Waals surface area contributed by atoms with Gasteiger partial charge in [0.2, 0.25) is 5.91 Å². The molecule has 0 bridgehead atoms. The minimum absolute atomic E-state index is 0.0264. The van der Waals surface area contributed by atoms with Gasteiger partial charge in [-0.1, -0.05) is 18.2 Å². The molecule has 0 aromatic heterocycles. The van der Waals surface area contributed by atoms with Crippen LogP contribution in [0.1, 0.15) is 24.8 Å². The summed E-state index contributed by atoms with van der Waals surface area (Å²) in [7, 11) is 0. The molecule has 2 fully saturated rings. The number of halogens is 1.